The van der Waals surface area contributed by atoms with Crippen LogP contribution < -0.4 is 10.1 Å². The smallest absolute Gasteiger partial charge is 0.258 e. The number of carbonyl (C=O) groups excluding carboxylic acids is 1. The second-order valence-electron chi connectivity index (χ2n) is 6.35. The number of nitrogens with one attached hydrogen (secondary N) is 1. The Labute approximate surface area is 172 Å². The second-order valence-corrected chi connectivity index (χ2v) is 6.35. The van der Waals surface area contributed by atoms with E-state index in [2.05, 4.69) is 20.3 Å². The predicted molar refractivity (Wildman–Crippen MR) is 109 cm³/mol. The first-order valence-electron chi connectivity index (χ1n) is 9.22. The number of amides is 1. The lowest BCUT2D eigenvalue weighted by molar-refractivity contribution is 0.0947. The Balaban J connectivity index is 1.66. The number of carbonyl (C=O) groups is 1. The van der Waals surface area contributed by atoms with Gasteiger partial charge in [0.25, 0.3) is 5.91 Å². The molecule has 4 aromatic rings. The third kappa shape index (κ3) is 4.47. The Morgan fingerprint density at radius 3 is 2.53 bits per heavy atom. The van der Waals surface area contributed by atoms with E-state index in [9.17, 15) is 9.18 Å². The summed E-state index contributed by atoms with van der Waals surface area (Å²) in [6.07, 6.45) is 4.69. The van der Waals surface area contributed by atoms with Crippen LogP contribution >= 0.6 is 0 Å². The number of nitrogens with zero attached hydrogens (tertiary/aromatic N) is 3. The predicted octanol–water partition coefficient (Wildman–Crippen LogP) is 4.40. The lowest BCUT2D eigenvalue weighted by Gasteiger charge is -2.12. The first-order chi connectivity index (χ1) is 14.7. The molecule has 0 aliphatic rings. The second kappa shape index (κ2) is 8.91. The Hall–Kier alpha value is -4.13. The minimum absolute atomic E-state index is 0.0300. The van der Waals surface area contributed by atoms with Gasteiger partial charge in [-0.25, -0.2) is 9.37 Å². The number of rotatable bonds is 6. The Morgan fingerprint density at radius 1 is 0.967 bits per heavy atom. The highest BCUT2D eigenvalue weighted by Crippen LogP contribution is 2.27. The monoisotopic (exact) mass is 400 g/mol. The molecule has 0 aliphatic heterocycles. The topological polar surface area (TPSA) is 77.0 Å². The van der Waals surface area contributed by atoms with Crippen molar-refractivity contribution >= 4 is 5.91 Å². The fourth-order valence-electron chi connectivity index (χ4n) is 2.74. The molecule has 0 spiro atoms. The lowest BCUT2D eigenvalue weighted by Crippen LogP contribution is -2.24. The van der Waals surface area contributed by atoms with Crippen LogP contribution in [0, 0.1) is 5.82 Å². The molecule has 0 bridgehead atoms. The number of pyridine rings is 1. The zero-order chi connectivity index (χ0) is 20.8. The molecule has 0 radical (unpaired) electrons. The first-order valence-corrected chi connectivity index (χ1v) is 9.22. The van der Waals surface area contributed by atoms with Gasteiger partial charge in [-0.15, -0.1) is 0 Å². The van der Waals surface area contributed by atoms with Gasteiger partial charge in [0, 0.05) is 30.7 Å². The fraction of sp³-hybridized carbons (Fsp3) is 0.0435. The molecule has 2 aromatic heterocycles. The molecule has 1 N–H and O–H groups in total. The van der Waals surface area contributed by atoms with E-state index in [0.29, 0.717) is 5.82 Å². The lowest BCUT2D eigenvalue weighted by atomic mass is 10.2. The van der Waals surface area contributed by atoms with Crippen LogP contribution in [0.1, 0.15) is 15.9 Å². The number of halogens is 1. The van der Waals surface area contributed by atoms with Gasteiger partial charge in [0.1, 0.15) is 5.56 Å². The number of hydrogen-bond donors (Lipinski definition) is 1. The molecule has 1 amide bonds. The maximum absolute atomic E-state index is 14.1. The summed E-state index contributed by atoms with van der Waals surface area (Å²) >= 11 is 0. The highest BCUT2D eigenvalue weighted by Gasteiger charge is 2.18. The molecule has 0 unspecified atom stereocenters. The van der Waals surface area contributed by atoms with Crippen molar-refractivity contribution in [1.29, 1.82) is 0 Å². The van der Waals surface area contributed by atoms with Crippen molar-refractivity contribution in [3.63, 3.8) is 0 Å². The largest absolute Gasteiger partial charge is 0.435 e. The van der Waals surface area contributed by atoms with E-state index in [1.54, 1.807) is 30.6 Å². The van der Waals surface area contributed by atoms with E-state index in [4.69, 9.17) is 4.74 Å². The third-order valence-electron chi connectivity index (χ3n) is 4.25. The van der Waals surface area contributed by atoms with Crippen LogP contribution in [0.3, 0.4) is 0 Å². The van der Waals surface area contributed by atoms with Gasteiger partial charge in [0.15, 0.2) is 17.4 Å². The average molecular weight is 400 g/mol. The van der Waals surface area contributed by atoms with Crippen molar-refractivity contribution in [3.05, 3.63) is 102 Å². The van der Waals surface area contributed by atoms with E-state index in [1.807, 2.05) is 36.4 Å². The highest BCUT2D eigenvalue weighted by molar-refractivity contribution is 5.96. The number of para-hydroxylation sites is 1. The summed E-state index contributed by atoms with van der Waals surface area (Å²) in [5.74, 6) is -0.691. The number of aromatic nitrogens is 3. The van der Waals surface area contributed by atoms with Crippen molar-refractivity contribution in [2.45, 2.75) is 6.54 Å². The molecule has 7 heteroatoms. The minimum atomic E-state index is -0.556. The molecule has 2 aromatic carbocycles. The van der Waals surface area contributed by atoms with Gasteiger partial charge >= 0.3 is 0 Å². The van der Waals surface area contributed by atoms with E-state index in [-0.39, 0.29) is 23.7 Å². The van der Waals surface area contributed by atoms with Crippen LogP contribution in [0.2, 0.25) is 0 Å². The van der Waals surface area contributed by atoms with Gasteiger partial charge in [0.2, 0.25) is 5.88 Å². The Kier molecular flexibility index (Phi) is 5.70. The minimum Gasteiger partial charge on any atom is -0.435 e. The van der Waals surface area contributed by atoms with Crippen molar-refractivity contribution in [1.82, 2.24) is 20.3 Å². The van der Waals surface area contributed by atoms with Crippen molar-refractivity contribution in [2.75, 3.05) is 0 Å². The standard InChI is InChI=1S/C23H17FN4O2/c24-19-10-4-5-11-20(19)30-23-18(22(29)27-14-16-7-6-12-25-13-16)15-26-21(28-23)17-8-2-1-3-9-17/h1-13,15H,14H2,(H,27,29). The van der Waals surface area contributed by atoms with Gasteiger partial charge in [-0.3, -0.25) is 9.78 Å². The number of ether oxygens (including phenoxy) is 1. The molecule has 4 rings (SSSR count). The summed E-state index contributed by atoms with van der Waals surface area (Å²) in [5.41, 5.74) is 1.68. The summed E-state index contributed by atoms with van der Waals surface area (Å²) in [6.45, 7) is 0.270. The van der Waals surface area contributed by atoms with Crippen LogP contribution in [-0.4, -0.2) is 20.9 Å². The molecule has 6 nitrogen and oxygen atoms in total. The summed E-state index contributed by atoms with van der Waals surface area (Å²) < 4.78 is 19.8. The molecule has 0 aliphatic carbocycles. The first kappa shape index (κ1) is 19.2. The SMILES string of the molecule is O=C(NCc1cccnc1)c1cnc(-c2ccccc2)nc1Oc1ccccc1F. The average Bonchev–Trinajstić information content (AvgIpc) is 2.80. The fourth-order valence-corrected chi connectivity index (χ4v) is 2.74. The van der Waals surface area contributed by atoms with Gasteiger partial charge in [-0.05, 0) is 23.8 Å². The van der Waals surface area contributed by atoms with Crippen molar-refractivity contribution in [3.8, 4) is 23.0 Å². The summed E-state index contributed by atoms with van der Waals surface area (Å²) in [4.78, 5) is 25.5. The summed E-state index contributed by atoms with van der Waals surface area (Å²) in [5, 5.41) is 2.78. The van der Waals surface area contributed by atoms with Gasteiger partial charge < -0.3 is 10.1 Å². The highest BCUT2D eigenvalue weighted by atomic mass is 19.1. The Bertz CT molecular complexity index is 1150. The Morgan fingerprint density at radius 2 is 1.77 bits per heavy atom. The number of hydrogen-bond acceptors (Lipinski definition) is 5. The van der Waals surface area contributed by atoms with Crippen LogP contribution in [-0.2, 0) is 6.54 Å². The third-order valence-corrected chi connectivity index (χ3v) is 4.25. The van der Waals surface area contributed by atoms with E-state index in [1.165, 1.54) is 18.3 Å². The normalized spacial score (nSPS) is 10.4. The molecule has 0 fully saturated rings. The molecule has 30 heavy (non-hydrogen) atoms. The quantitative estimate of drug-likeness (QED) is 0.519. The zero-order valence-electron chi connectivity index (χ0n) is 15.8. The zero-order valence-corrected chi connectivity index (χ0v) is 15.8. The number of benzene rings is 2. The maximum atomic E-state index is 14.1. The van der Waals surface area contributed by atoms with Crippen LogP contribution in [0.25, 0.3) is 11.4 Å². The molecule has 2 heterocycles. The van der Waals surface area contributed by atoms with Gasteiger partial charge in [0.05, 0.1) is 0 Å². The summed E-state index contributed by atoms with van der Waals surface area (Å²) in [7, 11) is 0. The van der Waals surface area contributed by atoms with Gasteiger partial charge in [-0.1, -0.05) is 48.5 Å². The van der Waals surface area contributed by atoms with Crippen LogP contribution in [0.5, 0.6) is 11.6 Å². The van der Waals surface area contributed by atoms with Crippen LogP contribution in [0.15, 0.2) is 85.3 Å². The van der Waals surface area contributed by atoms with E-state index >= 15 is 0 Å². The molecule has 0 saturated carbocycles. The summed E-state index contributed by atoms with van der Waals surface area (Å²) in [6, 6.07) is 18.8. The van der Waals surface area contributed by atoms with Gasteiger partial charge in [-0.2, -0.15) is 4.98 Å². The molecular weight excluding hydrogens is 383 g/mol. The van der Waals surface area contributed by atoms with Crippen molar-refractivity contribution < 1.29 is 13.9 Å². The molecule has 0 saturated heterocycles. The maximum Gasteiger partial charge on any atom is 0.258 e. The van der Waals surface area contributed by atoms with E-state index < -0.39 is 11.7 Å². The van der Waals surface area contributed by atoms with Crippen LogP contribution in [0.4, 0.5) is 4.39 Å². The van der Waals surface area contributed by atoms with Crippen molar-refractivity contribution in [2.24, 2.45) is 0 Å². The van der Waals surface area contributed by atoms with E-state index in [0.717, 1.165) is 11.1 Å². The molecule has 148 valence electrons. The molecular formula is C23H17FN4O2. The molecule has 0 atom stereocenters.